The van der Waals surface area contributed by atoms with Crippen molar-refractivity contribution in [3.05, 3.63) is 72.4 Å². The van der Waals surface area contributed by atoms with Crippen molar-refractivity contribution in [2.45, 2.75) is 51.1 Å². The molecule has 1 atom stereocenters. The van der Waals surface area contributed by atoms with Gasteiger partial charge in [-0.05, 0) is 70.0 Å². The van der Waals surface area contributed by atoms with Crippen LogP contribution in [0, 0.1) is 5.92 Å². The van der Waals surface area contributed by atoms with Crippen LogP contribution in [0.2, 0.25) is 0 Å². The summed E-state index contributed by atoms with van der Waals surface area (Å²) in [5.74, 6) is 2.35. The van der Waals surface area contributed by atoms with Gasteiger partial charge >= 0.3 is 0 Å². The molecular formula is C30H37N7O2. The minimum atomic E-state index is -0.0327. The average molecular weight is 528 g/mol. The second-order valence-corrected chi connectivity index (χ2v) is 10.7. The van der Waals surface area contributed by atoms with Gasteiger partial charge in [-0.1, -0.05) is 37.3 Å². The van der Waals surface area contributed by atoms with E-state index in [0.717, 1.165) is 72.5 Å². The molecule has 0 radical (unpaired) electrons. The number of anilines is 1. The predicted octanol–water partition coefficient (Wildman–Crippen LogP) is 4.51. The highest BCUT2D eigenvalue weighted by Crippen LogP contribution is 2.38. The Labute approximate surface area is 229 Å². The van der Waals surface area contributed by atoms with Crippen molar-refractivity contribution < 1.29 is 9.53 Å². The molecule has 0 bridgehead atoms. The fraction of sp³-hybridized carbons (Fsp3) is 0.400. The van der Waals surface area contributed by atoms with Crippen molar-refractivity contribution in [3.63, 3.8) is 0 Å². The van der Waals surface area contributed by atoms with Crippen molar-refractivity contribution in [3.8, 4) is 5.75 Å². The van der Waals surface area contributed by atoms with Crippen LogP contribution < -0.4 is 15.8 Å². The van der Waals surface area contributed by atoms with Crippen LogP contribution in [0.3, 0.4) is 0 Å². The van der Waals surface area contributed by atoms with E-state index < -0.39 is 0 Å². The summed E-state index contributed by atoms with van der Waals surface area (Å²) in [6, 6.07) is 10.2. The topological polar surface area (TPSA) is 111 Å². The summed E-state index contributed by atoms with van der Waals surface area (Å²) in [4.78, 5) is 23.2. The van der Waals surface area contributed by atoms with Gasteiger partial charge < -0.3 is 20.7 Å². The Kier molecular flexibility index (Phi) is 8.07. The van der Waals surface area contributed by atoms with Gasteiger partial charge in [0.25, 0.3) is 0 Å². The van der Waals surface area contributed by atoms with E-state index in [1.807, 2.05) is 66.2 Å². The van der Waals surface area contributed by atoms with Crippen LogP contribution >= 0.6 is 0 Å². The van der Waals surface area contributed by atoms with Gasteiger partial charge in [-0.3, -0.25) is 4.79 Å². The Morgan fingerprint density at radius 2 is 1.92 bits per heavy atom. The van der Waals surface area contributed by atoms with Gasteiger partial charge in [0.1, 0.15) is 29.3 Å². The first kappa shape index (κ1) is 26.6. The number of aromatic nitrogens is 4. The van der Waals surface area contributed by atoms with Crippen LogP contribution in [-0.2, 0) is 4.79 Å². The Balaban J connectivity index is 1.33. The highest BCUT2D eigenvalue weighted by Gasteiger charge is 2.29. The number of nitrogens with one attached hydrogen (secondary N) is 1. The Morgan fingerprint density at radius 3 is 2.64 bits per heavy atom. The minimum absolute atomic E-state index is 0.0327. The van der Waals surface area contributed by atoms with Crippen molar-refractivity contribution >= 4 is 28.3 Å². The van der Waals surface area contributed by atoms with Gasteiger partial charge in [0.05, 0.1) is 11.4 Å². The third kappa shape index (κ3) is 6.20. The number of nitrogen functional groups attached to an aromatic ring is 1. The zero-order valence-electron chi connectivity index (χ0n) is 22.9. The molecule has 1 amide bonds. The number of benzene rings is 1. The number of amides is 1. The fourth-order valence-electron chi connectivity index (χ4n) is 5.34. The van der Waals surface area contributed by atoms with E-state index in [9.17, 15) is 4.79 Å². The zero-order chi connectivity index (χ0) is 27.4. The largest absolute Gasteiger partial charge is 0.461 e. The molecule has 1 fully saturated rings. The lowest BCUT2D eigenvalue weighted by Crippen LogP contribution is -2.37. The van der Waals surface area contributed by atoms with E-state index >= 15 is 0 Å². The number of likely N-dealkylation sites (N-methyl/N-ethyl adjacent to an activating group) is 1. The minimum Gasteiger partial charge on any atom is -0.461 e. The number of nitrogens with zero attached hydrogens (tertiary/aromatic N) is 5. The van der Waals surface area contributed by atoms with E-state index in [4.69, 9.17) is 15.6 Å². The molecule has 3 aromatic rings. The maximum Gasteiger partial charge on any atom is 0.243 e. The monoisotopic (exact) mass is 527 g/mol. The molecule has 39 heavy (non-hydrogen) atoms. The quantitative estimate of drug-likeness (QED) is 0.415. The maximum absolute atomic E-state index is 12.3. The summed E-state index contributed by atoms with van der Waals surface area (Å²) in [6.07, 6.45) is 13.5. The molecule has 2 heterocycles. The van der Waals surface area contributed by atoms with Crippen LogP contribution in [-0.4, -0.2) is 57.2 Å². The van der Waals surface area contributed by atoms with Crippen molar-refractivity contribution in [1.29, 1.82) is 0 Å². The molecule has 2 aliphatic rings. The molecule has 3 N–H and O–H groups in total. The van der Waals surface area contributed by atoms with Crippen molar-refractivity contribution in [2.75, 3.05) is 26.4 Å². The lowest BCUT2D eigenvalue weighted by atomic mass is 9.91. The molecule has 1 aromatic carbocycles. The van der Waals surface area contributed by atoms with E-state index in [0.29, 0.717) is 5.82 Å². The maximum atomic E-state index is 12.3. The predicted molar refractivity (Wildman–Crippen MR) is 154 cm³/mol. The number of nitrogens with two attached hydrogens (primary N) is 1. The average Bonchev–Trinajstić information content (AvgIpc) is 3.32. The van der Waals surface area contributed by atoms with Gasteiger partial charge in [-0.15, -0.1) is 0 Å². The molecule has 9 heteroatoms. The number of hydrogen-bond donors (Lipinski definition) is 2. The van der Waals surface area contributed by atoms with Crippen LogP contribution in [0.5, 0.6) is 5.75 Å². The number of rotatable bonds is 8. The number of hydrogen-bond acceptors (Lipinski definition) is 7. The summed E-state index contributed by atoms with van der Waals surface area (Å²) < 4.78 is 8.17. The Bertz CT molecular complexity index is 1400. The molecule has 1 saturated carbocycles. The van der Waals surface area contributed by atoms with Gasteiger partial charge in [-0.25, -0.2) is 14.6 Å². The molecule has 5 rings (SSSR count). The van der Waals surface area contributed by atoms with Crippen LogP contribution in [0.25, 0.3) is 16.6 Å². The molecule has 1 unspecified atom stereocenters. The molecule has 0 spiro atoms. The number of allylic oxidation sites excluding steroid dienone is 4. The molecular weight excluding hydrogens is 490 g/mol. The highest BCUT2D eigenvalue weighted by molar-refractivity contribution is 5.96. The van der Waals surface area contributed by atoms with Gasteiger partial charge in [0.15, 0.2) is 5.65 Å². The first-order chi connectivity index (χ1) is 18.9. The summed E-state index contributed by atoms with van der Waals surface area (Å²) in [7, 11) is 3.96. The number of para-hydroxylation sites is 1. The van der Waals surface area contributed by atoms with Gasteiger partial charge in [0.2, 0.25) is 5.91 Å². The van der Waals surface area contributed by atoms with E-state index in [2.05, 4.69) is 28.3 Å². The normalized spacial score (nSPS) is 21.7. The molecule has 0 saturated heterocycles. The number of fused-ring (bicyclic) bond motifs is 1. The molecule has 204 valence electrons. The lowest BCUT2D eigenvalue weighted by Gasteiger charge is -2.29. The summed E-state index contributed by atoms with van der Waals surface area (Å²) in [5, 5.41) is 9.03. The third-order valence-electron chi connectivity index (χ3n) is 7.39. The second kappa shape index (κ2) is 11.8. The van der Waals surface area contributed by atoms with Gasteiger partial charge in [-0.2, -0.15) is 5.10 Å². The van der Waals surface area contributed by atoms with E-state index in [1.165, 1.54) is 6.33 Å². The second-order valence-electron chi connectivity index (χ2n) is 10.7. The molecule has 2 aromatic heterocycles. The molecule has 9 nitrogen and oxygen atoms in total. The standard InChI is InChI=1S/C30H37N7O2/c1-20-18-21(11-16-25(20)39-24-8-5-4-6-9-24)28-27-29(31)32-19-33-30(27)37(35-28)23-14-12-22(13-15-23)34-26(38)10-7-17-36(2)3/h4-11,16,19-20,22-23H,12-15,17-18H2,1-3H3,(H,34,38)(H2,31,32,33)/b10-7+. The summed E-state index contributed by atoms with van der Waals surface area (Å²) in [5.41, 5.74) is 9.08. The number of carbonyl (C=O) groups excluding carboxylic acids is 1. The van der Waals surface area contributed by atoms with Gasteiger partial charge in [0, 0.05) is 24.6 Å². The Hall–Kier alpha value is -3.98. The third-order valence-corrected chi connectivity index (χ3v) is 7.39. The van der Waals surface area contributed by atoms with Crippen molar-refractivity contribution in [1.82, 2.24) is 30.0 Å². The lowest BCUT2D eigenvalue weighted by molar-refractivity contribution is -0.117. The zero-order valence-corrected chi connectivity index (χ0v) is 22.9. The molecule has 0 aliphatic heterocycles. The summed E-state index contributed by atoms with van der Waals surface area (Å²) in [6.45, 7) is 2.90. The van der Waals surface area contributed by atoms with Crippen LogP contribution in [0.1, 0.15) is 50.8 Å². The van der Waals surface area contributed by atoms with Crippen LogP contribution in [0.15, 0.2) is 66.7 Å². The van der Waals surface area contributed by atoms with E-state index in [1.54, 1.807) is 6.08 Å². The van der Waals surface area contributed by atoms with Crippen LogP contribution in [0.4, 0.5) is 5.82 Å². The van der Waals surface area contributed by atoms with E-state index in [-0.39, 0.29) is 23.9 Å². The fourth-order valence-corrected chi connectivity index (χ4v) is 5.34. The number of carbonyl (C=O) groups is 1. The number of ether oxygens (including phenoxy) is 1. The SMILES string of the molecule is CC1CC(c2nn(C3CCC(NC(=O)/C=C/CN(C)C)CC3)c3ncnc(N)c23)=CC=C1Oc1ccccc1. The summed E-state index contributed by atoms with van der Waals surface area (Å²) >= 11 is 0. The highest BCUT2D eigenvalue weighted by atomic mass is 16.5. The first-order valence-electron chi connectivity index (χ1n) is 13.6. The van der Waals surface area contributed by atoms with Crippen molar-refractivity contribution in [2.24, 2.45) is 5.92 Å². The first-order valence-corrected chi connectivity index (χ1v) is 13.6. The smallest absolute Gasteiger partial charge is 0.243 e. The molecule has 2 aliphatic carbocycles. The Morgan fingerprint density at radius 1 is 1.15 bits per heavy atom.